The van der Waals surface area contributed by atoms with E-state index in [2.05, 4.69) is 20.6 Å². The molecule has 2 saturated heterocycles. The van der Waals surface area contributed by atoms with Crippen molar-refractivity contribution in [3.05, 3.63) is 28.5 Å². The minimum Gasteiger partial charge on any atom is -0.388 e. The number of aromatic nitrogens is 2. The van der Waals surface area contributed by atoms with Crippen molar-refractivity contribution < 1.29 is 36.6 Å². The molecule has 0 aromatic carbocycles. The van der Waals surface area contributed by atoms with Gasteiger partial charge in [-0.25, -0.2) is 18.7 Å². The molecule has 8 nitrogen and oxygen atoms in total. The van der Waals surface area contributed by atoms with E-state index in [1.54, 1.807) is 11.8 Å². The Morgan fingerprint density at radius 2 is 1.77 bits per heavy atom. The van der Waals surface area contributed by atoms with Crippen LogP contribution in [0.2, 0.25) is 0 Å². The minimum absolute atomic E-state index is 0.00727. The minimum atomic E-state index is -4.62. The molecular weight excluding hydrogens is 557 g/mol. The molecule has 2 bridgehead atoms. The molecule has 0 unspecified atom stereocenters. The molecule has 2 aliphatic heterocycles. The molecule has 4 rings (SSSR count). The average Bonchev–Trinajstić information content (AvgIpc) is 3.60. The average molecular weight is 590 g/mol. The quantitative estimate of drug-likeness (QED) is 0.331. The molecule has 0 radical (unpaired) electrons. The van der Waals surface area contributed by atoms with Crippen LogP contribution in [0.25, 0.3) is 10.4 Å². The smallest absolute Gasteiger partial charge is 0.388 e. The van der Waals surface area contributed by atoms with Gasteiger partial charge >= 0.3 is 6.18 Å². The standard InChI is InChI=1S/C26H32F5N5O3S/c1-5-17(26(29,30)31)34-18-10-15(21(27)28)16(11-32-18)20-19(24(38)36-13-6-7-14(36)9-8-13)35-23(40-20)22(37)33-12(2)25(3,4)39/h10-14,17,21,39H,5-9H2,1-4H3,(H,32,34)(H,33,37)/t12-,13-,14-,17+/m1/s1. The summed E-state index contributed by atoms with van der Waals surface area (Å²) in [5.74, 6) is -1.59. The molecule has 220 valence electrons. The number of alkyl halides is 5. The fourth-order valence-corrected chi connectivity index (χ4v) is 6.05. The molecule has 0 aliphatic carbocycles. The number of nitrogens with one attached hydrogen (secondary N) is 2. The van der Waals surface area contributed by atoms with Gasteiger partial charge in [0.2, 0.25) is 0 Å². The van der Waals surface area contributed by atoms with Crippen LogP contribution in [0.5, 0.6) is 0 Å². The molecule has 2 amide bonds. The largest absolute Gasteiger partial charge is 0.408 e. The highest BCUT2D eigenvalue weighted by molar-refractivity contribution is 7.17. The van der Waals surface area contributed by atoms with Crippen LogP contribution >= 0.6 is 11.3 Å². The van der Waals surface area contributed by atoms with E-state index in [0.29, 0.717) is 0 Å². The number of thiazole rings is 1. The predicted octanol–water partition coefficient (Wildman–Crippen LogP) is 5.55. The molecule has 2 aliphatic rings. The number of fused-ring (bicyclic) bond motifs is 2. The summed E-state index contributed by atoms with van der Waals surface area (Å²) in [4.78, 5) is 36.6. The summed E-state index contributed by atoms with van der Waals surface area (Å²) in [6.45, 7) is 5.89. The molecule has 2 fully saturated rings. The summed E-state index contributed by atoms with van der Waals surface area (Å²) >= 11 is 0.717. The number of aliphatic hydroxyl groups is 1. The van der Waals surface area contributed by atoms with E-state index in [9.17, 15) is 36.6 Å². The molecule has 2 aromatic rings. The van der Waals surface area contributed by atoms with E-state index in [1.165, 1.54) is 20.8 Å². The third kappa shape index (κ3) is 6.07. The maximum atomic E-state index is 14.3. The molecular formula is C26H32F5N5O3S. The monoisotopic (exact) mass is 589 g/mol. The first kappa shape index (κ1) is 30.1. The van der Waals surface area contributed by atoms with Crippen LogP contribution in [-0.4, -0.2) is 67.7 Å². The first-order valence-electron chi connectivity index (χ1n) is 13.1. The molecule has 14 heteroatoms. The van der Waals surface area contributed by atoms with Crippen LogP contribution in [0, 0.1) is 0 Å². The Kier molecular flexibility index (Phi) is 8.42. The van der Waals surface area contributed by atoms with Gasteiger partial charge in [0.15, 0.2) is 5.01 Å². The Morgan fingerprint density at radius 3 is 2.27 bits per heavy atom. The predicted molar refractivity (Wildman–Crippen MR) is 139 cm³/mol. The Bertz CT molecular complexity index is 1240. The van der Waals surface area contributed by atoms with Crippen molar-refractivity contribution in [1.29, 1.82) is 0 Å². The van der Waals surface area contributed by atoms with E-state index >= 15 is 0 Å². The molecule has 3 N–H and O–H groups in total. The maximum Gasteiger partial charge on any atom is 0.408 e. The second-order valence-electron chi connectivity index (χ2n) is 10.8. The number of carbonyl (C=O) groups excluding carboxylic acids is 2. The van der Waals surface area contributed by atoms with Crippen molar-refractivity contribution in [1.82, 2.24) is 20.2 Å². The van der Waals surface area contributed by atoms with E-state index in [4.69, 9.17) is 0 Å². The summed E-state index contributed by atoms with van der Waals surface area (Å²) in [7, 11) is 0. The number of pyridine rings is 1. The van der Waals surface area contributed by atoms with Gasteiger partial charge in [0.05, 0.1) is 16.5 Å². The van der Waals surface area contributed by atoms with Gasteiger partial charge < -0.3 is 20.6 Å². The summed E-state index contributed by atoms with van der Waals surface area (Å²) in [6, 6.07) is -1.88. The number of nitrogens with zero attached hydrogens (tertiary/aromatic N) is 3. The van der Waals surface area contributed by atoms with Crippen LogP contribution in [0.1, 0.15) is 92.1 Å². The second-order valence-corrected chi connectivity index (χ2v) is 11.8. The Hall–Kier alpha value is -2.87. The number of anilines is 1. The molecule has 0 spiro atoms. The normalized spacial score (nSPS) is 20.6. The van der Waals surface area contributed by atoms with Gasteiger partial charge in [-0.05, 0) is 58.9 Å². The van der Waals surface area contributed by atoms with Gasteiger partial charge in [-0.2, -0.15) is 13.2 Å². The lowest BCUT2D eigenvalue weighted by molar-refractivity contribution is -0.142. The van der Waals surface area contributed by atoms with Crippen molar-refractivity contribution in [3.63, 3.8) is 0 Å². The number of halogens is 5. The van der Waals surface area contributed by atoms with Crippen LogP contribution in [0.3, 0.4) is 0 Å². The third-order valence-electron chi connectivity index (χ3n) is 7.66. The van der Waals surface area contributed by atoms with Gasteiger partial charge in [0, 0.05) is 29.4 Å². The number of carbonyl (C=O) groups is 2. The zero-order valence-electron chi connectivity index (χ0n) is 22.5. The van der Waals surface area contributed by atoms with Crippen molar-refractivity contribution in [2.45, 2.75) is 102 Å². The number of amides is 2. The summed E-state index contributed by atoms with van der Waals surface area (Å²) in [5.41, 5.74) is -2.29. The zero-order valence-corrected chi connectivity index (χ0v) is 23.3. The summed E-state index contributed by atoms with van der Waals surface area (Å²) in [5, 5.41) is 14.8. The van der Waals surface area contributed by atoms with Gasteiger partial charge in [-0.1, -0.05) is 6.92 Å². The fraction of sp³-hybridized carbons (Fsp3) is 0.615. The lowest BCUT2D eigenvalue weighted by Gasteiger charge is -2.26. The van der Waals surface area contributed by atoms with E-state index in [1.807, 2.05) is 0 Å². The van der Waals surface area contributed by atoms with Crippen LogP contribution in [-0.2, 0) is 0 Å². The SMILES string of the molecule is CC[C@H](Nc1cc(C(F)F)c(-c2sc(C(=O)N[C@H](C)C(C)(C)O)nc2C(=O)N2[C@H]3CC[C@H]2CC3)cn1)C(F)(F)F. The van der Waals surface area contributed by atoms with Gasteiger partial charge in [-0.3, -0.25) is 9.59 Å². The van der Waals surface area contributed by atoms with Crippen LogP contribution < -0.4 is 10.6 Å². The number of hydrogen-bond donors (Lipinski definition) is 3. The highest BCUT2D eigenvalue weighted by atomic mass is 32.1. The highest BCUT2D eigenvalue weighted by Crippen LogP contribution is 2.42. The first-order chi connectivity index (χ1) is 18.6. The van der Waals surface area contributed by atoms with Crippen LogP contribution in [0.4, 0.5) is 27.8 Å². The second kappa shape index (κ2) is 11.2. The van der Waals surface area contributed by atoms with Crippen LogP contribution in [0.15, 0.2) is 12.3 Å². The van der Waals surface area contributed by atoms with Gasteiger partial charge in [0.1, 0.15) is 17.6 Å². The molecule has 2 aromatic heterocycles. The van der Waals surface area contributed by atoms with Gasteiger partial charge in [0.25, 0.3) is 18.2 Å². The van der Waals surface area contributed by atoms with Crippen molar-refractivity contribution in [2.24, 2.45) is 0 Å². The van der Waals surface area contributed by atoms with E-state index < -0.39 is 53.5 Å². The topological polar surface area (TPSA) is 107 Å². The lowest BCUT2D eigenvalue weighted by Crippen LogP contribution is -2.47. The lowest BCUT2D eigenvalue weighted by atomic mass is 10.0. The van der Waals surface area contributed by atoms with E-state index in [-0.39, 0.29) is 39.6 Å². The molecule has 0 saturated carbocycles. The Labute approximate surface area is 232 Å². The van der Waals surface area contributed by atoms with Crippen molar-refractivity contribution in [2.75, 3.05) is 5.32 Å². The molecule has 4 heterocycles. The van der Waals surface area contributed by atoms with Crippen molar-refractivity contribution >= 4 is 29.0 Å². The number of rotatable bonds is 9. The summed E-state index contributed by atoms with van der Waals surface area (Å²) < 4.78 is 68.4. The zero-order chi connectivity index (χ0) is 29.6. The molecule has 40 heavy (non-hydrogen) atoms. The van der Waals surface area contributed by atoms with E-state index in [0.717, 1.165) is 49.3 Å². The van der Waals surface area contributed by atoms with Crippen molar-refractivity contribution in [3.8, 4) is 10.4 Å². The Morgan fingerprint density at radius 1 is 1.18 bits per heavy atom. The molecule has 2 atom stereocenters. The maximum absolute atomic E-state index is 14.3. The first-order valence-corrected chi connectivity index (χ1v) is 13.9. The Balaban J connectivity index is 1.77. The van der Waals surface area contributed by atoms with Gasteiger partial charge in [-0.15, -0.1) is 11.3 Å². The third-order valence-corrected chi connectivity index (χ3v) is 8.75. The summed E-state index contributed by atoms with van der Waals surface area (Å²) in [6.07, 6.45) is -3.84. The highest BCUT2D eigenvalue weighted by Gasteiger charge is 2.44. The fourth-order valence-electron chi connectivity index (χ4n) is 5.06. The number of hydrogen-bond acceptors (Lipinski definition) is 7.